The van der Waals surface area contributed by atoms with Crippen LogP contribution in [0.25, 0.3) is 6.08 Å². The van der Waals surface area contributed by atoms with E-state index in [0.29, 0.717) is 16.8 Å². The molecule has 2 rings (SSSR count). The van der Waals surface area contributed by atoms with Crippen molar-refractivity contribution in [2.24, 2.45) is 0 Å². The molecule has 0 aliphatic carbocycles. The molecule has 0 saturated carbocycles. The molecule has 5 nitrogen and oxygen atoms in total. The lowest BCUT2D eigenvalue weighted by molar-refractivity contribution is -0.131. The highest BCUT2D eigenvalue weighted by Gasteiger charge is 2.11. The molecule has 5 heteroatoms. The molecule has 0 unspecified atom stereocenters. The molecule has 0 aliphatic rings. The number of aromatic nitrogens is 1. The number of hydrogen-bond acceptors (Lipinski definition) is 3. The van der Waals surface area contributed by atoms with E-state index in [4.69, 9.17) is 5.11 Å². The quantitative estimate of drug-likeness (QED) is 0.845. The lowest BCUT2D eigenvalue weighted by atomic mass is 10.0. The molecule has 0 saturated heterocycles. The number of carbonyl (C=O) groups excluding carboxylic acids is 1. The number of nitrogens with one attached hydrogen (secondary N) is 1. The van der Waals surface area contributed by atoms with Gasteiger partial charge in [-0.25, -0.2) is 4.79 Å². The van der Waals surface area contributed by atoms with Gasteiger partial charge < -0.3 is 10.4 Å². The predicted molar refractivity (Wildman–Crippen MR) is 80.0 cm³/mol. The summed E-state index contributed by atoms with van der Waals surface area (Å²) in [6.45, 7) is 1.78. The lowest BCUT2D eigenvalue weighted by Crippen LogP contribution is -2.13. The third kappa shape index (κ3) is 3.76. The second-order valence-electron chi connectivity index (χ2n) is 4.39. The molecular weight excluding hydrogens is 268 g/mol. The molecule has 0 radical (unpaired) electrons. The molecule has 1 aromatic heterocycles. The molecule has 106 valence electrons. The normalized spacial score (nSPS) is 10.5. The number of aliphatic carboxylic acids is 1. The van der Waals surface area contributed by atoms with Crippen molar-refractivity contribution < 1.29 is 14.7 Å². The van der Waals surface area contributed by atoms with Crippen molar-refractivity contribution in [2.45, 2.75) is 6.92 Å². The van der Waals surface area contributed by atoms with E-state index in [0.717, 1.165) is 11.6 Å². The Balaban J connectivity index is 2.26. The number of anilines is 1. The molecule has 21 heavy (non-hydrogen) atoms. The van der Waals surface area contributed by atoms with Crippen LogP contribution in [0.5, 0.6) is 0 Å². The van der Waals surface area contributed by atoms with Gasteiger partial charge in [-0.15, -0.1) is 0 Å². The van der Waals surface area contributed by atoms with E-state index in [2.05, 4.69) is 10.3 Å². The van der Waals surface area contributed by atoms with Crippen molar-refractivity contribution in [2.75, 3.05) is 5.32 Å². The number of pyridine rings is 1. The highest BCUT2D eigenvalue weighted by molar-refractivity contribution is 6.05. The van der Waals surface area contributed by atoms with E-state index in [1.807, 2.05) is 0 Å². The van der Waals surface area contributed by atoms with Crippen LogP contribution < -0.4 is 5.32 Å². The van der Waals surface area contributed by atoms with Gasteiger partial charge in [-0.3, -0.25) is 9.78 Å². The number of carboxylic acid groups (broad SMARTS) is 1. The van der Waals surface area contributed by atoms with E-state index in [1.165, 1.54) is 6.08 Å². The minimum atomic E-state index is -1.03. The summed E-state index contributed by atoms with van der Waals surface area (Å²) in [7, 11) is 0. The highest BCUT2D eigenvalue weighted by Crippen LogP contribution is 2.17. The van der Waals surface area contributed by atoms with Crippen molar-refractivity contribution in [1.29, 1.82) is 0 Å². The minimum absolute atomic E-state index is 0.258. The van der Waals surface area contributed by atoms with Gasteiger partial charge in [0, 0.05) is 17.8 Å². The van der Waals surface area contributed by atoms with Crippen LogP contribution >= 0.6 is 0 Å². The van der Waals surface area contributed by atoms with E-state index >= 15 is 0 Å². The molecule has 0 aliphatic heterocycles. The molecule has 0 spiro atoms. The van der Waals surface area contributed by atoms with E-state index in [1.54, 1.807) is 49.6 Å². The Hall–Kier alpha value is -2.95. The van der Waals surface area contributed by atoms with Crippen LogP contribution in [0.1, 0.15) is 21.5 Å². The summed E-state index contributed by atoms with van der Waals surface area (Å²) < 4.78 is 0. The Morgan fingerprint density at radius 3 is 2.71 bits per heavy atom. The maximum Gasteiger partial charge on any atom is 0.328 e. The van der Waals surface area contributed by atoms with Gasteiger partial charge >= 0.3 is 5.97 Å². The van der Waals surface area contributed by atoms with Crippen LogP contribution in [0.3, 0.4) is 0 Å². The molecule has 1 heterocycles. The third-order valence-electron chi connectivity index (χ3n) is 2.95. The standard InChI is InChI=1S/C16H14N2O3/c1-11-12(7-8-15(19)20)4-2-6-14(11)16(21)18-13-5-3-9-17-10-13/h2-10H,1H3,(H,18,21)(H,19,20). The molecule has 0 bridgehead atoms. The second kappa shape index (κ2) is 6.47. The van der Waals surface area contributed by atoms with Crippen molar-refractivity contribution >= 4 is 23.6 Å². The Morgan fingerprint density at radius 2 is 2.05 bits per heavy atom. The third-order valence-corrected chi connectivity index (χ3v) is 2.95. The smallest absolute Gasteiger partial charge is 0.328 e. The van der Waals surface area contributed by atoms with Crippen LogP contribution in [0, 0.1) is 6.92 Å². The first kappa shape index (κ1) is 14.5. The van der Waals surface area contributed by atoms with E-state index in [-0.39, 0.29) is 5.91 Å². The number of benzene rings is 1. The first-order valence-electron chi connectivity index (χ1n) is 6.30. The zero-order valence-electron chi connectivity index (χ0n) is 11.4. The summed E-state index contributed by atoms with van der Waals surface area (Å²) >= 11 is 0. The van der Waals surface area contributed by atoms with Gasteiger partial charge in [-0.05, 0) is 42.3 Å². The molecular formula is C16H14N2O3. The molecule has 2 aromatic rings. The van der Waals surface area contributed by atoms with E-state index in [9.17, 15) is 9.59 Å². The maximum absolute atomic E-state index is 12.2. The van der Waals surface area contributed by atoms with Crippen LogP contribution in [-0.4, -0.2) is 22.0 Å². The number of rotatable bonds is 4. The summed E-state index contributed by atoms with van der Waals surface area (Å²) in [6, 6.07) is 8.64. The van der Waals surface area contributed by atoms with Crippen LogP contribution in [-0.2, 0) is 4.79 Å². The monoisotopic (exact) mass is 282 g/mol. The van der Waals surface area contributed by atoms with Gasteiger partial charge in [0.1, 0.15) is 0 Å². The fraction of sp³-hybridized carbons (Fsp3) is 0.0625. The van der Waals surface area contributed by atoms with Gasteiger partial charge in [0.2, 0.25) is 0 Å². The molecule has 0 atom stereocenters. The highest BCUT2D eigenvalue weighted by atomic mass is 16.4. The summed E-state index contributed by atoms with van der Waals surface area (Å²) in [5.74, 6) is -1.29. The van der Waals surface area contributed by atoms with Gasteiger partial charge in [0.15, 0.2) is 0 Å². The second-order valence-corrected chi connectivity index (χ2v) is 4.39. The summed E-state index contributed by atoms with van der Waals surface area (Å²) in [6.07, 6.45) is 5.70. The molecule has 0 fully saturated rings. The zero-order chi connectivity index (χ0) is 15.2. The van der Waals surface area contributed by atoms with Crippen molar-refractivity contribution in [3.05, 3.63) is 65.5 Å². The summed E-state index contributed by atoms with van der Waals surface area (Å²) in [5.41, 5.74) is 2.51. The maximum atomic E-state index is 12.2. The van der Waals surface area contributed by atoms with Crippen molar-refractivity contribution in [3.8, 4) is 0 Å². The average molecular weight is 282 g/mol. The predicted octanol–water partition coefficient (Wildman–Crippen LogP) is 2.74. The molecule has 1 amide bonds. The van der Waals surface area contributed by atoms with Gasteiger partial charge in [-0.1, -0.05) is 12.1 Å². The Kier molecular flexibility index (Phi) is 4.46. The SMILES string of the molecule is Cc1c(C=CC(=O)O)cccc1C(=O)Nc1cccnc1. The first-order valence-corrected chi connectivity index (χ1v) is 6.30. The zero-order valence-corrected chi connectivity index (χ0v) is 11.4. The number of nitrogens with zero attached hydrogens (tertiary/aromatic N) is 1. The Labute approximate surface area is 122 Å². The topological polar surface area (TPSA) is 79.3 Å². The largest absolute Gasteiger partial charge is 0.478 e. The number of amides is 1. The molecule has 1 aromatic carbocycles. The van der Waals surface area contributed by atoms with E-state index < -0.39 is 5.97 Å². The van der Waals surface area contributed by atoms with Gasteiger partial charge in [-0.2, -0.15) is 0 Å². The molecule has 2 N–H and O–H groups in total. The average Bonchev–Trinajstić information content (AvgIpc) is 2.47. The Morgan fingerprint density at radius 1 is 1.24 bits per heavy atom. The fourth-order valence-electron chi connectivity index (χ4n) is 1.88. The van der Waals surface area contributed by atoms with Crippen LogP contribution in [0.15, 0.2) is 48.8 Å². The first-order chi connectivity index (χ1) is 10.1. The summed E-state index contributed by atoms with van der Waals surface area (Å²) in [4.78, 5) is 26.7. The number of carbonyl (C=O) groups is 2. The van der Waals surface area contributed by atoms with Crippen molar-refractivity contribution in [1.82, 2.24) is 4.98 Å². The number of carboxylic acids is 1. The van der Waals surface area contributed by atoms with Gasteiger partial charge in [0.25, 0.3) is 5.91 Å². The lowest BCUT2D eigenvalue weighted by Gasteiger charge is -2.09. The van der Waals surface area contributed by atoms with Crippen LogP contribution in [0.4, 0.5) is 5.69 Å². The van der Waals surface area contributed by atoms with Crippen LogP contribution in [0.2, 0.25) is 0 Å². The summed E-state index contributed by atoms with van der Waals surface area (Å²) in [5, 5.41) is 11.4. The Bertz CT molecular complexity index is 694. The minimum Gasteiger partial charge on any atom is -0.478 e. The number of hydrogen-bond donors (Lipinski definition) is 2. The van der Waals surface area contributed by atoms with Crippen molar-refractivity contribution in [3.63, 3.8) is 0 Å². The van der Waals surface area contributed by atoms with Gasteiger partial charge in [0.05, 0.1) is 11.9 Å². The fourth-order valence-corrected chi connectivity index (χ4v) is 1.88.